The minimum absolute atomic E-state index is 0.0587. The third kappa shape index (κ3) is 5.92. The summed E-state index contributed by atoms with van der Waals surface area (Å²) in [6, 6.07) is 23.8. The number of furan rings is 1. The summed E-state index contributed by atoms with van der Waals surface area (Å²) in [6.45, 7) is 6.52. The number of carbonyl (C=O) groups excluding carboxylic acids is 1. The minimum Gasteiger partial charge on any atom is -0.452 e. The Balaban J connectivity index is 1.36. The highest BCUT2D eigenvalue weighted by molar-refractivity contribution is 7.99. The summed E-state index contributed by atoms with van der Waals surface area (Å²) in [5.41, 5.74) is 5.06. The third-order valence-corrected chi connectivity index (χ3v) is 7.86. The lowest BCUT2D eigenvalue weighted by Gasteiger charge is -2.25. The topological polar surface area (TPSA) is 70.4 Å². The number of carbonyl (C=O) groups is 1. The number of hydrogen-bond donors (Lipinski definition) is 2. The summed E-state index contributed by atoms with van der Waals surface area (Å²) >= 11 is 7.33. The van der Waals surface area contributed by atoms with E-state index < -0.39 is 0 Å². The van der Waals surface area contributed by atoms with E-state index in [4.69, 9.17) is 16.6 Å². The molecule has 1 saturated heterocycles. The molecular weight excluding hydrogens is 512 g/mol. The van der Waals surface area contributed by atoms with Gasteiger partial charge in [0.05, 0.1) is 11.7 Å². The molecule has 2 aromatic heterocycles. The van der Waals surface area contributed by atoms with Crippen LogP contribution in [0.4, 0.5) is 5.69 Å². The number of nitrogens with zero attached hydrogens (tertiary/aromatic N) is 2. The molecule has 0 spiro atoms. The van der Waals surface area contributed by atoms with Crippen molar-refractivity contribution in [2.45, 2.75) is 49.3 Å². The van der Waals surface area contributed by atoms with Gasteiger partial charge in [-0.1, -0.05) is 47.7 Å². The molecule has 3 heterocycles. The highest BCUT2D eigenvalue weighted by atomic mass is 32.2. The lowest BCUT2D eigenvalue weighted by atomic mass is 10.0. The Bertz CT molecular complexity index is 1440. The molecule has 6 nitrogen and oxygen atoms in total. The molecule has 2 N–H and O–H groups in total. The van der Waals surface area contributed by atoms with Crippen LogP contribution in [0.15, 0.2) is 93.4 Å². The number of rotatable bonds is 8. The number of aryl methyl sites for hydroxylation is 3. The molecule has 1 amide bonds. The van der Waals surface area contributed by atoms with Crippen molar-refractivity contribution in [3.63, 3.8) is 0 Å². The number of nitrogens with one attached hydrogen (secondary N) is 2. The smallest absolute Gasteiger partial charge is 0.226 e. The summed E-state index contributed by atoms with van der Waals surface area (Å²) < 4.78 is 6.36. The van der Waals surface area contributed by atoms with Crippen LogP contribution >= 0.6 is 24.0 Å². The fourth-order valence-corrected chi connectivity index (χ4v) is 5.64. The molecule has 0 bridgehead atoms. The summed E-state index contributed by atoms with van der Waals surface area (Å²) in [7, 11) is 0. The second kappa shape index (κ2) is 11.4. The van der Waals surface area contributed by atoms with Gasteiger partial charge in [0.15, 0.2) is 10.2 Å². The van der Waals surface area contributed by atoms with Gasteiger partial charge in [0.2, 0.25) is 5.91 Å². The van der Waals surface area contributed by atoms with E-state index in [1.807, 2.05) is 67.3 Å². The van der Waals surface area contributed by atoms with Crippen molar-refractivity contribution in [3.05, 3.63) is 107 Å². The van der Waals surface area contributed by atoms with Crippen molar-refractivity contribution in [2.75, 3.05) is 11.9 Å². The highest BCUT2D eigenvalue weighted by Gasteiger charge is 2.41. The van der Waals surface area contributed by atoms with E-state index >= 15 is 0 Å². The van der Waals surface area contributed by atoms with E-state index in [1.54, 1.807) is 18.0 Å². The van der Waals surface area contributed by atoms with Gasteiger partial charge >= 0.3 is 0 Å². The number of amides is 1. The number of anilines is 1. The molecule has 8 heteroatoms. The fourth-order valence-electron chi connectivity index (χ4n) is 4.53. The zero-order valence-corrected chi connectivity index (χ0v) is 23.2. The molecule has 5 rings (SSSR count). The average molecular weight is 543 g/mol. The number of benzene rings is 2. The lowest BCUT2D eigenvalue weighted by Crippen LogP contribution is -2.32. The first-order valence-electron chi connectivity index (χ1n) is 12.6. The van der Waals surface area contributed by atoms with Crippen molar-refractivity contribution in [3.8, 4) is 0 Å². The van der Waals surface area contributed by atoms with Gasteiger partial charge in [-0.2, -0.15) is 0 Å². The van der Waals surface area contributed by atoms with Gasteiger partial charge in [-0.25, -0.2) is 0 Å². The molecule has 1 aliphatic rings. The molecule has 2 unspecified atom stereocenters. The Morgan fingerprint density at radius 3 is 2.61 bits per heavy atom. The van der Waals surface area contributed by atoms with E-state index in [0.717, 1.165) is 38.3 Å². The number of pyridine rings is 1. The Labute approximate surface area is 232 Å². The second-order valence-corrected chi connectivity index (χ2v) is 11.0. The predicted octanol–water partition coefficient (Wildman–Crippen LogP) is 6.75. The molecule has 2 aromatic carbocycles. The highest BCUT2D eigenvalue weighted by Crippen LogP contribution is 2.41. The molecule has 194 valence electrons. The van der Waals surface area contributed by atoms with E-state index in [0.29, 0.717) is 11.7 Å². The normalized spacial score (nSPS) is 16.9. The first kappa shape index (κ1) is 26.0. The maximum Gasteiger partial charge on any atom is 0.226 e. The first-order chi connectivity index (χ1) is 18.4. The summed E-state index contributed by atoms with van der Waals surface area (Å²) in [5.74, 6) is 0.717. The van der Waals surface area contributed by atoms with E-state index in [1.165, 1.54) is 5.56 Å². The molecule has 38 heavy (non-hydrogen) atoms. The first-order valence-corrected chi connectivity index (χ1v) is 13.8. The van der Waals surface area contributed by atoms with Gasteiger partial charge in [0.25, 0.3) is 0 Å². The minimum atomic E-state index is -0.238. The summed E-state index contributed by atoms with van der Waals surface area (Å²) in [4.78, 5) is 20.7. The van der Waals surface area contributed by atoms with Crippen LogP contribution in [0.5, 0.6) is 0 Å². The van der Waals surface area contributed by atoms with Gasteiger partial charge in [0.1, 0.15) is 11.8 Å². The van der Waals surface area contributed by atoms with Crippen molar-refractivity contribution >= 4 is 40.7 Å². The number of thiocarbonyl (C=S) groups is 1. The maximum atomic E-state index is 12.9. The molecule has 4 aromatic rings. The quantitative estimate of drug-likeness (QED) is 0.239. The number of hydrogen-bond acceptors (Lipinski definition) is 5. The summed E-state index contributed by atoms with van der Waals surface area (Å²) in [5, 5.41) is 7.85. The molecule has 0 saturated carbocycles. The molecule has 1 aliphatic heterocycles. The molecule has 1 fully saturated rings. The zero-order chi connectivity index (χ0) is 26.6. The van der Waals surface area contributed by atoms with Crippen LogP contribution in [0.1, 0.15) is 46.6 Å². The fraction of sp³-hybridized carbons (Fsp3) is 0.233. The SMILES string of the molecule is Cc1ccc(Sc2ccc(C3C(c4ccccn4)NC(=S)N3CCC(=O)Nc3cc(C)ccc3C)o2)cc1. The second-order valence-electron chi connectivity index (χ2n) is 9.51. The van der Waals surface area contributed by atoms with E-state index in [-0.39, 0.29) is 24.4 Å². The molecule has 2 atom stereocenters. The Hall–Kier alpha value is -3.62. The Morgan fingerprint density at radius 1 is 1.05 bits per heavy atom. The number of aromatic nitrogens is 1. The van der Waals surface area contributed by atoms with Crippen LogP contribution in [0.2, 0.25) is 0 Å². The largest absolute Gasteiger partial charge is 0.452 e. The van der Waals surface area contributed by atoms with Gasteiger partial charge in [-0.3, -0.25) is 9.78 Å². The van der Waals surface area contributed by atoms with E-state index in [9.17, 15) is 4.79 Å². The van der Waals surface area contributed by atoms with Crippen molar-refractivity contribution in [1.82, 2.24) is 15.2 Å². The monoisotopic (exact) mass is 542 g/mol. The van der Waals surface area contributed by atoms with Gasteiger partial charge in [-0.15, -0.1) is 0 Å². The van der Waals surface area contributed by atoms with Crippen molar-refractivity contribution in [2.24, 2.45) is 0 Å². The molecular formula is C30H30N4O2S2. The Morgan fingerprint density at radius 2 is 1.84 bits per heavy atom. The molecule has 0 radical (unpaired) electrons. The van der Waals surface area contributed by atoms with Crippen molar-refractivity contribution < 1.29 is 9.21 Å². The van der Waals surface area contributed by atoms with E-state index in [2.05, 4.69) is 46.8 Å². The maximum absolute atomic E-state index is 12.9. The van der Waals surface area contributed by atoms with Crippen LogP contribution in [-0.4, -0.2) is 27.4 Å². The van der Waals surface area contributed by atoms with Gasteiger partial charge < -0.3 is 20.0 Å². The molecule has 0 aliphatic carbocycles. The standard InChI is InChI=1S/C30H30N4O2S2/c1-19-8-11-22(12-9-19)38-27-14-13-25(36-27)29-28(23-6-4-5-16-31-23)33-30(37)34(29)17-15-26(35)32-24-18-20(2)7-10-21(24)3/h4-14,16,18,28-29H,15,17H2,1-3H3,(H,32,35)(H,33,37). The van der Waals surface area contributed by atoms with Gasteiger partial charge in [-0.05, 0) is 86.6 Å². The third-order valence-electron chi connectivity index (χ3n) is 6.58. The predicted molar refractivity (Wildman–Crippen MR) is 155 cm³/mol. The Kier molecular flexibility index (Phi) is 7.81. The van der Waals surface area contributed by atoms with Crippen LogP contribution < -0.4 is 10.6 Å². The van der Waals surface area contributed by atoms with Gasteiger partial charge in [0, 0.05) is 29.7 Å². The van der Waals surface area contributed by atoms with Crippen LogP contribution in [0.3, 0.4) is 0 Å². The average Bonchev–Trinajstić information content (AvgIpc) is 3.50. The van der Waals surface area contributed by atoms with Crippen LogP contribution in [-0.2, 0) is 4.79 Å². The van der Waals surface area contributed by atoms with Crippen molar-refractivity contribution in [1.29, 1.82) is 0 Å². The lowest BCUT2D eigenvalue weighted by molar-refractivity contribution is -0.116. The van der Waals surface area contributed by atoms with Crippen LogP contribution in [0.25, 0.3) is 0 Å². The van der Waals surface area contributed by atoms with Crippen LogP contribution in [0, 0.1) is 20.8 Å². The zero-order valence-electron chi connectivity index (χ0n) is 21.6. The summed E-state index contributed by atoms with van der Waals surface area (Å²) in [6.07, 6.45) is 2.06.